The molecule has 3 aromatic rings. The summed E-state index contributed by atoms with van der Waals surface area (Å²) < 4.78 is 5.45. The van der Waals surface area contributed by atoms with Crippen LogP contribution in [0.2, 0.25) is 0 Å². The molecule has 19 heavy (non-hydrogen) atoms. The first kappa shape index (κ1) is 11.7. The Hall–Kier alpha value is -2.35. The molecule has 2 aromatic heterocycles. The molecular formula is C17H15NO. The fraction of sp³-hybridized carbons (Fsp3) is 0.118. The van der Waals surface area contributed by atoms with E-state index in [1.807, 2.05) is 30.3 Å². The lowest BCUT2D eigenvalue weighted by Crippen LogP contribution is -1.92. The molecular weight excluding hydrogens is 234 g/mol. The second-order valence-corrected chi connectivity index (χ2v) is 4.43. The summed E-state index contributed by atoms with van der Waals surface area (Å²) in [4.78, 5) is 4.63. The highest BCUT2D eigenvalue weighted by molar-refractivity contribution is 5.69. The molecule has 0 atom stereocenters. The highest BCUT2D eigenvalue weighted by Crippen LogP contribution is 2.26. The average molecular weight is 249 g/mol. The molecule has 0 N–H and O–H groups in total. The van der Waals surface area contributed by atoms with Crippen LogP contribution in [0, 0.1) is 0 Å². The first-order valence-corrected chi connectivity index (χ1v) is 6.47. The molecule has 0 aliphatic heterocycles. The standard InChI is InChI=1S/C17H15NO/c1-2-15-11-14(13-7-4-3-5-8-13)12-16(18-15)17-9-6-10-19-17/h3-12H,2H2,1H3. The van der Waals surface area contributed by atoms with Gasteiger partial charge in [-0.2, -0.15) is 0 Å². The third kappa shape index (κ3) is 2.43. The predicted octanol–water partition coefficient (Wildman–Crippen LogP) is 4.57. The average Bonchev–Trinajstić information content (AvgIpc) is 3.02. The fourth-order valence-electron chi connectivity index (χ4n) is 2.12. The lowest BCUT2D eigenvalue weighted by atomic mass is 10.0. The maximum absolute atomic E-state index is 5.45. The van der Waals surface area contributed by atoms with Gasteiger partial charge < -0.3 is 4.42 Å². The first-order valence-electron chi connectivity index (χ1n) is 6.47. The molecule has 0 fully saturated rings. The van der Waals surface area contributed by atoms with Crippen LogP contribution in [0.25, 0.3) is 22.6 Å². The van der Waals surface area contributed by atoms with Gasteiger partial charge in [0.15, 0.2) is 5.76 Å². The Labute approximate surface area is 112 Å². The zero-order valence-corrected chi connectivity index (χ0v) is 10.8. The second kappa shape index (κ2) is 5.11. The minimum absolute atomic E-state index is 0.812. The first-order chi connectivity index (χ1) is 9.36. The Balaban J connectivity index is 2.13. The monoisotopic (exact) mass is 249 g/mol. The van der Waals surface area contributed by atoms with Gasteiger partial charge in [0.25, 0.3) is 0 Å². The van der Waals surface area contributed by atoms with Crippen molar-refractivity contribution in [1.29, 1.82) is 0 Å². The zero-order valence-electron chi connectivity index (χ0n) is 10.8. The van der Waals surface area contributed by atoms with Crippen molar-refractivity contribution in [2.45, 2.75) is 13.3 Å². The quantitative estimate of drug-likeness (QED) is 0.679. The van der Waals surface area contributed by atoms with E-state index in [0.29, 0.717) is 0 Å². The highest BCUT2D eigenvalue weighted by atomic mass is 16.3. The van der Waals surface area contributed by atoms with Crippen LogP contribution in [0.5, 0.6) is 0 Å². The van der Waals surface area contributed by atoms with Gasteiger partial charge in [-0.15, -0.1) is 0 Å². The van der Waals surface area contributed by atoms with Crippen LogP contribution >= 0.6 is 0 Å². The molecule has 2 nitrogen and oxygen atoms in total. The Morgan fingerprint density at radius 3 is 2.47 bits per heavy atom. The Morgan fingerprint density at radius 1 is 0.947 bits per heavy atom. The molecule has 0 amide bonds. The van der Waals surface area contributed by atoms with Crippen molar-refractivity contribution in [1.82, 2.24) is 4.98 Å². The summed E-state index contributed by atoms with van der Waals surface area (Å²) in [6.45, 7) is 2.11. The van der Waals surface area contributed by atoms with Gasteiger partial charge in [-0.05, 0) is 41.8 Å². The summed E-state index contributed by atoms with van der Waals surface area (Å²) in [5, 5.41) is 0. The van der Waals surface area contributed by atoms with Crippen molar-refractivity contribution >= 4 is 0 Å². The lowest BCUT2D eigenvalue weighted by Gasteiger charge is -2.07. The van der Waals surface area contributed by atoms with E-state index >= 15 is 0 Å². The largest absolute Gasteiger partial charge is 0.463 e. The minimum Gasteiger partial charge on any atom is -0.463 e. The van der Waals surface area contributed by atoms with Gasteiger partial charge in [0.2, 0.25) is 0 Å². The van der Waals surface area contributed by atoms with Gasteiger partial charge in [0, 0.05) is 5.69 Å². The molecule has 1 aromatic carbocycles. The van der Waals surface area contributed by atoms with E-state index in [2.05, 4.69) is 36.2 Å². The molecule has 0 aliphatic rings. The molecule has 3 rings (SSSR count). The summed E-state index contributed by atoms with van der Waals surface area (Å²) in [6, 6.07) is 18.4. The number of rotatable bonds is 3. The number of nitrogens with zero attached hydrogens (tertiary/aromatic N) is 1. The zero-order chi connectivity index (χ0) is 13.1. The summed E-state index contributed by atoms with van der Waals surface area (Å²) in [7, 11) is 0. The maximum atomic E-state index is 5.45. The number of aryl methyl sites for hydroxylation is 1. The number of pyridine rings is 1. The molecule has 0 radical (unpaired) electrons. The van der Waals surface area contributed by atoms with E-state index in [4.69, 9.17) is 4.42 Å². The van der Waals surface area contributed by atoms with Crippen molar-refractivity contribution in [3.63, 3.8) is 0 Å². The van der Waals surface area contributed by atoms with Gasteiger partial charge in [-0.25, -0.2) is 4.98 Å². The lowest BCUT2D eigenvalue weighted by molar-refractivity contribution is 0.579. The van der Waals surface area contributed by atoms with Gasteiger partial charge in [-0.1, -0.05) is 37.3 Å². The van der Waals surface area contributed by atoms with Crippen LogP contribution in [-0.2, 0) is 6.42 Å². The normalized spacial score (nSPS) is 10.6. The summed E-state index contributed by atoms with van der Waals surface area (Å²) in [5.41, 5.74) is 4.35. The van der Waals surface area contributed by atoms with Crippen LogP contribution in [0.1, 0.15) is 12.6 Å². The number of hydrogen-bond donors (Lipinski definition) is 0. The van der Waals surface area contributed by atoms with E-state index < -0.39 is 0 Å². The third-order valence-electron chi connectivity index (χ3n) is 3.12. The molecule has 0 unspecified atom stereocenters. The molecule has 0 spiro atoms. The maximum Gasteiger partial charge on any atom is 0.152 e. The van der Waals surface area contributed by atoms with Crippen LogP contribution in [0.4, 0.5) is 0 Å². The molecule has 2 heteroatoms. The SMILES string of the molecule is CCc1cc(-c2ccccc2)cc(-c2ccco2)n1. The van der Waals surface area contributed by atoms with Crippen molar-refractivity contribution in [2.75, 3.05) is 0 Å². The van der Waals surface area contributed by atoms with Crippen LogP contribution in [0.3, 0.4) is 0 Å². The van der Waals surface area contributed by atoms with E-state index in [9.17, 15) is 0 Å². The third-order valence-corrected chi connectivity index (χ3v) is 3.12. The van der Waals surface area contributed by atoms with Crippen molar-refractivity contribution in [3.8, 4) is 22.6 Å². The van der Waals surface area contributed by atoms with E-state index in [-0.39, 0.29) is 0 Å². The molecule has 0 saturated carbocycles. The van der Waals surface area contributed by atoms with E-state index in [0.717, 1.165) is 23.6 Å². The number of hydrogen-bond acceptors (Lipinski definition) is 2. The summed E-state index contributed by atoms with van der Waals surface area (Å²) in [6.07, 6.45) is 2.59. The van der Waals surface area contributed by atoms with Crippen molar-refractivity contribution in [2.24, 2.45) is 0 Å². The van der Waals surface area contributed by atoms with Crippen molar-refractivity contribution < 1.29 is 4.42 Å². The van der Waals surface area contributed by atoms with Gasteiger partial charge in [-0.3, -0.25) is 0 Å². The molecule has 0 saturated heterocycles. The predicted molar refractivity (Wildman–Crippen MR) is 76.8 cm³/mol. The number of furan rings is 1. The Bertz CT molecular complexity index is 657. The Morgan fingerprint density at radius 2 is 1.79 bits per heavy atom. The van der Waals surface area contributed by atoms with Gasteiger partial charge in [0.1, 0.15) is 5.69 Å². The molecule has 0 bridgehead atoms. The topological polar surface area (TPSA) is 26.0 Å². The molecule has 2 heterocycles. The van der Waals surface area contributed by atoms with Crippen molar-refractivity contribution in [3.05, 3.63) is 66.6 Å². The van der Waals surface area contributed by atoms with Gasteiger partial charge in [0.05, 0.1) is 6.26 Å². The number of benzene rings is 1. The molecule has 94 valence electrons. The summed E-state index contributed by atoms with van der Waals surface area (Å²) in [5.74, 6) is 0.812. The Kier molecular flexibility index (Phi) is 3.15. The van der Waals surface area contributed by atoms with Crippen LogP contribution in [0.15, 0.2) is 65.3 Å². The van der Waals surface area contributed by atoms with E-state index in [1.165, 1.54) is 11.1 Å². The second-order valence-electron chi connectivity index (χ2n) is 4.43. The van der Waals surface area contributed by atoms with Crippen LogP contribution in [-0.4, -0.2) is 4.98 Å². The molecule has 0 aliphatic carbocycles. The van der Waals surface area contributed by atoms with Crippen LogP contribution < -0.4 is 0 Å². The smallest absolute Gasteiger partial charge is 0.152 e. The van der Waals surface area contributed by atoms with Gasteiger partial charge >= 0.3 is 0 Å². The highest BCUT2D eigenvalue weighted by Gasteiger charge is 2.07. The van der Waals surface area contributed by atoms with E-state index in [1.54, 1.807) is 6.26 Å². The fourth-order valence-corrected chi connectivity index (χ4v) is 2.12. The minimum atomic E-state index is 0.812. The number of aromatic nitrogens is 1. The summed E-state index contributed by atoms with van der Waals surface area (Å²) >= 11 is 0.